The van der Waals surface area contributed by atoms with Gasteiger partial charge >= 0.3 is 0 Å². The van der Waals surface area contributed by atoms with Crippen molar-refractivity contribution in [3.63, 3.8) is 0 Å². The number of aromatic hydroxyl groups is 2. The van der Waals surface area contributed by atoms with Crippen LogP contribution in [-0.4, -0.2) is 10.2 Å². The Labute approximate surface area is 152 Å². The van der Waals surface area contributed by atoms with E-state index in [1.807, 2.05) is 12.1 Å². The van der Waals surface area contributed by atoms with Crippen LogP contribution in [0.5, 0.6) is 11.5 Å². The maximum atomic E-state index is 10.7. The fourth-order valence-electron chi connectivity index (χ4n) is 3.53. The van der Waals surface area contributed by atoms with Gasteiger partial charge in [0.25, 0.3) is 0 Å². The minimum Gasteiger partial charge on any atom is -0.507 e. The Morgan fingerprint density at radius 3 is 1.28 bits per heavy atom. The molecule has 2 heteroatoms. The quantitative estimate of drug-likeness (QED) is 0.708. The summed E-state index contributed by atoms with van der Waals surface area (Å²) in [6.45, 7) is 12.8. The lowest BCUT2D eigenvalue weighted by molar-refractivity contribution is 0.450. The van der Waals surface area contributed by atoms with E-state index in [0.717, 1.165) is 46.2 Å². The molecule has 0 aliphatic heterocycles. The van der Waals surface area contributed by atoms with Gasteiger partial charge in [0.05, 0.1) is 0 Å². The first kappa shape index (κ1) is 19.4. The molecule has 0 saturated carbocycles. The van der Waals surface area contributed by atoms with E-state index >= 15 is 0 Å². The van der Waals surface area contributed by atoms with E-state index in [-0.39, 0.29) is 0 Å². The Hall–Kier alpha value is -1.96. The monoisotopic (exact) mass is 340 g/mol. The summed E-state index contributed by atoms with van der Waals surface area (Å²) in [7, 11) is 0. The third-order valence-corrected chi connectivity index (χ3v) is 4.46. The van der Waals surface area contributed by atoms with E-state index in [1.54, 1.807) is 0 Å². The fraction of sp³-hybridized carbons (Fsp3) is 0.478. The lowest BCUT2D eigenvalue weighted by Gasteiger charge is -2.16. The van der Waals surface area contributed by atoms with Crippen molar-refractivity contribution in [1.82, 2.24) is 0 Å². The highest BCUT2D eigenvalue weighted by Gasteiger charge is 2.15. The molecule has 0 saturated heterocycles. The minimum atomic E-state index is 0.380. The Morgan fingerprint density at radius 2 is 0.960 bits per heavy atom. The van der Waals surface area contributed by atoms with Crippen molar-refractivity contribution >= 4 is 0 Å². The predicted molar refractivity (Wildman–Crippen MR) is 106 cm³/mol. The number of phenolic OH excluding ortho intramolecular Hbond substituents is 2. The van der Waals surface area contributed by atoms with Crippen LogP contribution in [0.3, 0.4) is 0 Å². The summed E-state index contributed by atoms with van der Waals surface area (Å²) < 4.78 is 0. The Balaban J connectivity index is 2.43. The lowest BCUT2D eigenvalue weighted by Crippen LogP contribution is -2.01. The summed E-state index contributed by atoms with van der Waals surface area (Å²) in [5.74, 6) is 1.74. The number of rotatable bonds is 6. The van der Waals surface area contributed by atoms with Crippen molar-refractivity contribution in [3.05, 3.63) is 57.6 Å². The highest BCUT2D eigenvalue weighted by Crippen LogP contribution is 2.33. The zero-order valence-corrected chi connectivity index (χ0v) is 16.5. The minimum absolute atomic E-state index is 0.380. The molecule has 0 fully saturated rings. The zero-order chi connectivity index (χ0) is 18.7. The molecule has 2 N–H and O–H groups in total. The molecule has 136 valence electrons. The Bertz CT molecular complexity index is 679. The molecule has 0 bridgehead atoms. The second-order valence-electron chi connectivity index (χ2n) is 8.24. The van der Waals surface area contributed by atoms with Crippen molar-refractivity contribution in [2.24, 2.45) is 11.8 Å². The smallest absolute Gasteiger partial charge is 0.122 e. The molecule has 25 heavy (non-hydrogen) atoms. The van der Waals surface area contributed by atoms with E-state index in [9.17, 15) is 10.2 Å². The summed E-state index contributed by atoms with van der Waals surface area (Å²) in [5, 5.41) is 21.4. The second kappa shape index (κ2) is 7.95. The van der Waals surface area contributed by atoms with Crippen LogP contribution in [0.25, 0.3) is 0 Å². The van der Waals surface area contributed by atoms with Gasteiger partial charge < -0.3 is 10.2 Å². The normalized spacial score (nSPS) is 11.5. The van der Waals surface area contributed by atoms with E-state index in [0.29, 0.717) is 29.8 Å². The molecular weight excluding hydrogens is 308 g/mol. The van der Waals surface area contributed by atoms with Crippen LogP contribution >= 0.6 is 0 Å². The molecular formula is C23H32O2. The van der Waals surface area contributed by atoms with Gasteiger partial charge in [0.2, 0.25) is 0 Å². The predicted octanol–water partition coefficient (Wildman–Crippen LogP) is 5.70. The average molecular weight is 341 g/mol. The number of hydrogen-bond donors (Lipinski definition) is 2. The topological polar surface area (TPSA) is 40.5 Å². The maximum Gasteiger partial charge on any atom is 0.122 e. The summed E-state index contributed by atoms with van der Waals surface area (Å²) in [6, 6.07) is 8.20. The molecule has 2 aromatic rings. The van der Waals surface area contributed by atoms with Crippen LogP contribution < -0.4 is 0 Å². The molecule has 2 aromatic carbocycles. The largest absolute Gasteiger partial charge is 0.507 e. The van der Waals surface area contributed by atoms with Gasteiger partial charge in [-0.15, -0.1) is 0 Å². The first-order chi connectivity index (χ1) is 11.7. The molecule has 0 radical (unpaired) electrons. The van der Waals surface area contributed by atoms with Crippen molar-refractivity contribution in [2.75, 3.05) is 0 Å². The van der Waals surface area contributed by atoms with Gasteiger partial charge in [-0.05, 0) is 60.8 Å². The maximum absolute atomic E-state index is 10.7. The van der Waals surface area contributed by atoms with Crippen LogP contribution in [0.15, 0.2) is 24.3 Å². The number of phenols is 2. The highest BCUT2D eigenvalue weighted by atomic mass is 16.3. The van der Waals surface area contributed by atoms with Crippen molar-refractivity contribution in [3.8, 4) is 11.5 Å². The number of benzene rings is 2. The van der Waals surface area contributed by atoms with E-state index in [1.165, 1.54) is 0 Å². The fourth-order valence-corrected chi connectivity index (χ4v) is 3.53. The molecule has 0 aliphatic rings. The van der Waals surface area contributed by atoms with Gasteiger partial charge in [-0.25, -0.2) is 0 Å². The molecule has 0 aromatic heterocycles. The molecule has 2 nitrogen and oxygen atoms in total. The molecule has 2 rings (SSSR count). The Morgan fingerprint density at radius 1 is 0.640 bits per heavy atom. The summed E-state index contributed by atoms with van der Waals surface area (Å²) >= 11 is 0. The summed E-state index contributed by atoms with van der Waals surface area (Å²) in [4.78, 5) is 0. The third-order valence-electron chi connectivity index (χ3n) is 4.46. The highest BCUT2D eigenvalue weighted by molar-refractivity contribution is 5.50. The molecule has 0 atom stereocenters. The SMILES string of the molecule is Cc1cc(Cc2cc(C)cc(CC(C)C)c2O)c(O)c(CC(C)C)c1. The molecule has 0 amide bonds. The first-order valence-corrected chi connectivity index (χ1v) is 9.30. The van der Waals surface area contributed by atoms with E-state index in [4.69, 9.17) is 0 Å². The van der Waals surface area contributed by atoms with Crippen LogP contribution in [-0.2, 0) is 19.3 Å². The first-order valence-electron chi connectivity index (χ1n) is 9.30. The van der Waals surface area contributed by atoms with Gasteiger partial charge in [-0.1, -0.05) is 63.1 Å². The van der Waals surface area contributed by atoms with Crippen LogP contribution in [0, 0.1) is 25.7 Å². The Kier molecular flexibility index (Phi) is 6.16. The summed E-state index contributed by atoms with van der Waals surface area (Å²) in [5.41, 5.74) is 6.09. The van der Waals surface area contributed by atoms with Crippen molar-refractivity contribution in [2.45, 2.75) is 60.8 Å². The van der Waals surface area contributed by atoms with Crippen molar-refractivity contribution in [1.29, 1.82) is 0 Å². The van der Waals surface area contributed by atoms with Gasteiger partial charge in [-0.2, -0.15) is 0 Å². The third kappa shape index (κ3) is 5.01. The van der Waals surface area contributed by atoms with Gasteiger partial charge in [-0.3, -0.25) is 0 Å². The van der Waals surface area contributed by atoms with Crippen LogP contribution in [0.4, 0.5) is 0 Å². The van der Waals surface area contributed by atoms with E-state index < -0.39 is 0 Å². The molecule has 0 heterocycles. The average Bonchev–Trinajstić information content (AvgIpc) is 2.47. The van der Waals surface area contributed by atoms with Gasteiger partial charge in [0.15, 0.2) is 0 Å². The van der Waals surface area contributed by atoms with Crippen LogP contribution in [0.2, 0.25) is 0 Å². The lowest BCUT2D eigenvalue weighted by atomic mass is 9.91. The zero-order valence-electron chi connectivity index (χ0n) is 16.5. The van der Waals surface area contributed by atoms with Gasteiger partial charge in [0, 0.05) is 6.42 Å². The van der Waals surface area contributed by atoms with Crippen molar-refractivity contribution < 1.29 is 10.2 Å². The van der Waals surface area contributed by atoms with E-state index in [2.05, 4.69) is 53.7 Å². The van der Waals surface area contributed by atoms with Crippen LogP contribution in [0.1, 0.15) is 61.1 Å². The second-order valence-corrected chi connectivity index (χ2v) is 8.24. The van der Waals surface area contributed by atoms with Gasteiger partial charge in [0.1, 0.15) is 11.5 Å². The molecule has 0 unspecified atom stereocenters. The number of hydrogen-bond acceptors (Lipinski definition) is 2. The number of aryl methyl sites for hydroxylation is 2. The summed E-state index contributed by atoms with van der Waals surface area (Å²) in [6.07, 6.45) is 2.27. The molecule has 0 aliphatic carbocycles. The standard InChI is InChI=1S/C23H32O2/c1-14(2)7-18-9-16(5)11-20(22(18)24)13-21-12-17(6)10-19(23(21)25)8-15(3)4/h9-12,14-15,24-25H,7-8,13H2,1-6H3. The molecule has 0 spiro atoms.